The molecular formula is C15H17NO. The van der Waals surface area contributed by atoms with Gasteiger partial charge in [0.15, 0.2) is 0 Å². The van der Waals surface area contributed by atoms with Crippen molar-refractivity contribution < 1.29 is 4.79 Å². The molecule has 2 nitrogen and oxygen atoms in total. The Bertz CT molecular complexity index is 472. The van der Waals surface area contributed by atoms with Crippen LogP contribution >= 0.6 is 0 Å². The molecule has 0 saturated heterocycles. The van der Waals surface area contributed by atoms with Gasteiger partial charge in [-0.2, -0.15) is 0 Å². The third-order valence-electron chi connectivity index (χ3n) is 3.48. The molecule has 2 aliphatic rings. The van der Waals surface area contributed by atoms with E-state index in [-0.39, 0.29) is 5.91 Å². The van der Waals surface area contributed by atoms with Crippen LogP contribution in [0.1, 0.15) is 36.8 Å². The van der Waals surface area contributed by atoms with E-state index in [0.29, 0.717) is 6.04 Å². The molecule has 0 bridgehead atoms. The number of carbonyl (C=O) groups excluding carboxylic acids is 1. The van der Waals surface area contributed by atoms with Gasteiger partial charge in [-0.3, -0.25) is 4.79 Å². The first-order valence-corrected chi connectivity index (χ1v) is 6.42. The van der Waals surface area contributed by atoms with Crippen molar-refractivity contribution in [2.75, 3.05) is 0 Å². The second kappa shape index (κ2) is 4.36. The van der Waals surface area contributed by atoms with Crippen LogP contribution in [-0.2, 0) is 11.2 Å². The molecule has 0 atom stereocenters. The molecule has 0 spiro atoms. The van der Waals surface area contributed by atoms with Crippen LogP contribution in [0, 0.1) is 0 Å². The van der Waals surface area contributed by atoms with E-state index in [1.54, 1.807) is 6.08 Å². The number of fused-ring (bicyclic) bond motifs is 1. The Balaban J connectivity index is 1.83. The Labute approximate surface area is 102 Å². The van der Waals surface area contributed by atoms with Gasteiger partial charge >= 0.3 is 0 Å². The van der Waals surface area contributed by atoms with Crippen molar-refractivity contribution in [1.29, 1.82) is 0 Å². The lowest BCUT2D eigenvalue weighted by atomic mass is 9.87. The van der Waals surface area contributed by atoms with E-state index in [2.05, 4.69) is 29.6 Å². The van der Waals surface area contributed by atoms with Crippen molar-refractivity contribution >= 4 is 11.5 Å². The van der Waals surface area contributed by atoms with Crippen molar-refractivity contribution in [2.24, 2.45) is 0 Å². The predicted octanol–water partition coefficient (Wildman–Crippen LogP) is 2.68. The van der Waals surface area contributed by atoms with Crippen LogP contribution < -0.4 is 5.32 Å². The van der Waals surface area contributed by atoms with Crippen LogP contribution in [0.15, 0.2) is 30.3 Å². The van der Waals surface area contributed by atoms with Gasteiger partial charge in [-0.1, -0.05) is 24.3 Å². The number of aryl methyl sites for hydroxylation is 1. The van der Waals surface area contributed by atoms with Gasteiger partial charge in [0.1, 0.15) is 0 Å². The Morgan fingerprint density at radius 3 is 2.88 bits per heavy atom. The number of amides is 1. The van der Waals surface area contributed by atoms with Crippen LogP contribution in [0.3, 0.4) is 0 Å². The normalized spacial score (nSPS) is 21.1. The molecule has 3 rings (SSSR count). The Kier molecular flexibility index (Phi) is 2.71. The van der Waals surface area contributed by atoms with Gasteiger partial charge in [0.25, 0.3) is 0 Å². The van der Waals surface area contributed by atoms with Crippen molar-refractivity contribution in [3.05, 3.63) is 41.5 Å². The van der Waals surface area contributed by atoms with Gasteiger partial charge < -0.3 is 5.32 Å². The smallest absolute Gasteiger partial charge is 0.244 e. The van der Waals surface area contributed by atoms with Crippen LogP contribution in [0.25, 0.3) is 5.57 Å². The van der Waals surface area contributed by atoms with Gasteiger partial charge in [0.2, 0.25) is 5.91 Å². The molecule has 0 unspecified atom stereocenters. The van der Waals surface area contributed by atoms with Gasteiger partial charge in [-0.25, -0.2) is 0 Å². The summed E-state index contributed by atoms with van der Waals surface area (Å²) in [5.74, 6) is 0.0826. The average Bonchev–Trinajstić information content (AvgIpc) is 3.13. The lowest BCUT2D eigenvalue weighted by Crippen LogP contribution is -2.23. The standard InChI is InChI=1S/C15H17NO/c17-15(16-13-8-9-13)10-12-6-3-5-11-4-1-2-7-14(11)12/h1-2,4,7,10,13H,3,5-6,8-9H2,(H,16,17)/b12-10+. The zero-order chi connectivity index (χ0) is 11.7. The second-order valence-electron chi connectivity index (χ2n) is 4.96. The first kappa shape index (κ1) is 10.6. The highest BCUT2D eigenvalue weighted by molar-refractivity contribution is 5.96. The summed E-state index contributed by atoms with van der Waals surface area (Å²) >= 11 is 0. The molecule has 1 aromatic carbocycles. The van der Waals surface area contributed by atoms with E-state index in [0.717, 1.165) is 32.1 Å². The first-order valence-electron chi connectivity index (χ1n) is 6.42. The summed E-state index contributed by atoms with van der Waals surface area (Å²) in [7, 11) is 0. The molecule has 0 heterocycles. The van der Waals surface area contributed by atoms with Crippen LogP contribution in [-0.4, -0.2) is 11.9 Å². The van der Waals surface area contributed by atoms with E-state index in [4.69, 9.17) is 0 Å². The van der Waals surface area contributed by atoms with E-state index in [9.17, 15) is 4.79 Å². The fourth-order valence-corrected chi connectivity index (χ4v) is 2.43. The number of nitrogens with one attached hydrogen (secondary N) is 1. The maximum Gasteiger partial charge on any atom is 0.244 e. The molecule has 1 amide bonds. The quantitative estimate of drug-likeness (QED) is 0.773. The van der Waals surface area contributed by atoms with E-state index in [1.165, 1.54) is 16.7 Å². The Morgan fingerprint density at radius 1 is 1.24 bits per heavy atom. The molecule has 0 aliphatic heterocycles. The largest absolute Gasteiger partial charge is 0.350 e. The minimum absolute atomic E-state index is 0.0826. The summed E-state index contributed by atoms with van der Waals surface area (Å²) in [6, 6.07) is 8.87. The third-order valence-corrected chi connectivity index (χ3v) is 3.48. The molecule has 88 valence electrons. The lowest BCUT2D eigenvalue weighted by Gasteiger charge is -2.18. The topological polar surface area (TPSA) is 29.1 Å². The molecule has 1 saturated carbocycles. The summed E-state index contributed by atoms with van der Waals surface area (Å²) in [5, 5.41) is 3.02. The molecule has 0 radical (unpaired) electrons. The van der Waals surface area contributed by atoms with Crippen molar-refractivity contribution in [3.63, 3.8) is 0 Å². The van der Waals surface area contributed by atoms with Crippen molar-refractivity contribution in [1.82, 2.24) is 5.32 Å². The van der Waals surface area contributed by atoms with Crippen LogP contribution in [0.2, 0.25) is 0 Å². The van der Waals surface area contributed by atoms with Crippen LogP contribution in [0.4, 0.5) is 0 Å². The molecule has 1 fully saturated rings. The molecular weight excluding hydrogens is 210 g/mol. The molecule has 2 heteroatoms. The Morgan fingerprint density at radius 2 is 2.06 bits per heavy atom. The third kappa shape index (κ3) is 2.41. The van der Waals surface area contributed by atoms with Gasteiger partial charge in [0, 0.05) is 12.1 Å². The molecule has 1 N–H and O–H groups in total. The van der Waals surface area contributed by atoms with Gasteiger partial charge in [-0.15, -0.1) is 0 Å². The average molecular weight is 227 g/mol. The minimum atomic E-state index is 0.0826. The SMILES string of the molecule is O=C(/C=C1\CCCc2ccccc21)NC1CC1. The summed E-state index contributed by atoms with van der Waals surface area (Å²) in [6.07, 6.45) is 7.40. The van der Waals surface area contributed by atoms with E-state index >= 15 is 0 Å². The lowest BCUT2D eigenvalue weighted by molar-refractivity contribution is -0.116. The van der Waals surface area contributed by atoms with Gasteiger partial charge in [0.05, 0.1) is 0 Å². The van der Waals surface area contributed by atoms with Gasteiger partial charge in [-0.05, 0) is 48.8 Å². The monoisotopic (exact) mass is 227 g/mol. The molecule has 17 heavy (non-hydrogen) atoms. The van der Waals surface area contributed by atoms with Crippen LogP contribution in [0.5, 0.6) is 0 Å². The maximum absolute atomic E-state index is 11.8. The highest BCUT2D eigenvalue weighted by Crippen LogP contribution is 2.30. The fourth-order valence-electron chi connectivity index (χ4n) is 2.43. The molecule has 2 aliphatic carbocycles. The predicted molar refractivity (Wildman–Crippen MR) is 68.5 cm³/mol. The minimum Gasteiger partial charge on any atom is -0.350 e. The highest BCUT2D eigenvalue weighted by Gasteiger charge is 2.23. The van der Waals surface area contributed by atoms with E-state index in [1.807, 2.05) is 0 Å². The molecule has 0 aromatic heterocycles. The number of benzene rings is 1. The molecule has 1 aromatic rings. The number of rotatable bonds is 2. The maximum atomic E-state index is 11.8. The number of hydrogen-bond acceptors (Lipinski definition) is 1. The highest BCUT2D eigenvalue weighted by atomic mass is 16.1. The summed E-state index contributed by atoms with van der Waals surface area (Å²) in [5.41, 5.74) is 3.85. The number of carbonyl (C=O) groups is 1. The Hall–Kier alpha value is -1.57. The zero-order valence-corrected chi connectivity index (χ0v) is 9.91. The summed E-state index contributed by atoms with van der Waals surface area (Å²) < 4.78 is 0. The van der Waals surface area contributed by atoms with Crippen molar-refractivity contribution in [3.8, 4) is 0 Å². The zero-order valence-electron chi connectivity index (χ0n) is 9.91. The first-order chi connectivity index (χ1) is 8.33. The van der Waals surface area contributed by atoms with Crippen molar-refractivity contribution in [2.45, 2.75) is 38.1 Å². The summed E-state index contributed by atoms with van der Waals surface area (Å²) in [4.78, 5) is 11.8. The van der Waals surface area contributed by atoms with E-state index < -0.39 is 0 Å². The second-order valence-corrected chi connectivity index (χ2v) is 4.96. The summed E-state index contributed by atoms with van der Waals surface area (Å²) in [6.45, 7) is 0. The number of hydrogen-bond donors (Lipinski definition) is 1. The number of allylic oxidation sites excluding steroid dienone is 1. The fraction of sp³-hybridized carbons (Fsp3) is 0.400.